The van der Waals surface area contributed by atoms with Crippen LogP contribution in [0.25, 0.3) is 0 Å². The number of hydrogen-bond acceptors (Lipinski definition) is 2. The van der Waals surface area contributed by atoms with E-state index in [9.17, 15) is 14.0 Å². The number of amides is 2. The van der Waals surface area contributed by atoms with Crippen molar-refractivity contribution in [2.24, 2.45) is 0 Å². The van der Waals surface area contributed by atoms with Gasteiger partial charge in [0.05, 0.1) is 0 Å². The van der Waals surface area contributed by atoms with E-state index in [1.807, 2.05) is 62.4 Å². The molecule has 0 aromatic heterocycles. The lowest BCUT2D eigenvalue weighted by Crippen LogP contribution is -2.51. The zero-order chi connectivity index (χ0) is 24.5. The van der Waals surface area contributed by atoms with Gasteiger partial charge in [0.25, 0.3) is 0 Å². The molecule has 178 valence electrons. The SMILES string of the molecule is CC(C)NC(=O)[C@H](Cc1ccccc1)N(Cc1ccc(F)cc1)C(=O)CCc1ccccc1Cl. The summed E-state index contributed by atoms with van der Waals surface area (Å²) in [4.78, 5) is 28.4. The van der Waals surface area contributed by atoms with E-state index in [0.29, 0.717) is 17.9 Å². The lowest BCUT2D eigenvalue weighted by Gasteiger charge is -2.32. The molecule has 4 nitrogen and oxygen atoms in total. The molecule has 0 fully saturated rings. The van der Waals surface area contributed by atoms with Gasteiger partial charge in [-0.15, -0.1) is 0 Å². The van der Waals surface area contributed by atoms with Gasteiger partial charge >= 0.3 is 0 Å². The van der Waals surface area contributed by atoms with E-state index in [2.05, 4.69) is 5.32 Å². The van der Waals surface area contributed by atoms with Gasteiger partial charge in [0.15, 0.2) is 0 Å². The Labute approximate surface area is 205 Å². The molecule has 34 heavy (non-hydrogen) atoms. The van der Waals surface area contributed by atoms with Crippen molar-refractivity contribution in [2.45, 2.75) is 51.7 Å². The molecule has 6 heteroatoms. The van der Waals surface area contributed by atoms with E-state index in [1.54, 1.807) is 23.1 Å². The van der Waals surface area contributed by atoms with Gasteiger partial charge in [-0.2, -0.15) is 0 Å². The molecule has 0 heterocycles. The quantitative estimate of drug-likeness (QED) is 0.412. The van der Waals surface area contributed by atoms with Crippen LogP contribution < -0.4 is 5.32 Å². The number of benzene rings is 3. The van der Waals surface area contributed by atoms with E-state index >= 15 is 0 Å². The highest BCUT2D eigenvalue weighted by Crippen LogP contribution is 2.20. The molecule has 0 aliphatic heterocycles. The fourth-order valence-corrected chi connectivity index (χ4v) is 4.04. The molecule has 0 saturated carbocycles. The average molecular weight is 481 g/mol. The number of hydrogen-bond donors (Lipinski definition) is 1. The van der Waals surface area contributed by atoms with E-state index in [0.717, 1.165) is 16.7 Å². The largest absolute Gasteiger partial charge is 0.352 e. The molecule has 2 amide bonds. The first-order valence-electron chi connectivity index (χ1n) is 11.4. The fraction of sp³-hybridized carbons (Fsp3) is 0.286. The maximum absolute atomic E-state index is 13.5. The molecule has 3 aromatic carbocycles. The third-order valence-corrected chi connectivity index (χ3v) is 5.90. The van der Waals surface area contributed by atoms with Crippen molar-refractivity contribution in [3.05, 3.63) is 106 Å². The predicted molar refractivity (Wildman–Crippen MR) is 134 cm³/mol. The molecule has 3 aromatic rings. The summed E-state index contributed by atoms with van der Waals surface area (Å²) >= 11 is 6.28. The molecule has 0 spiro atoms. The Bertz CT molecular complexity index is 1090. The summed E-state index contributed by atoms with van der Waals surface area (Å²) in [5.41, 5.74) is 2.59. The molecule has 0 saturated heterocycles. The van der Waals surface area contributed by atoms with Gasteiger partial charge in [0.2, 0.25) is 11.8 Å². The summed E-state index contributed by atoms with van der Waals surface area (Å²) in [5.74, 6) is -0.727. The summed E-state index contributed by atoms with van der Waals surface area (Å²) in [7, 11) is 0. The summed E-state index contributed by atoms with van der Waals surface area (Å²) in [6.45, 7) is 3.98. The third-order valence-electron chi connectivity index (χ3n) is 5.53. The second-order valence-corrected chi connectivity index (χ2v) is 9.02. The van der Waals surface area contributed by atoms with Crippen LogP contribution in [0.4, 0.5) is 4.39 Å². The second kappa shape index (κ2) is 12.3. The van der Waals surface area contributed by atoms with Crippen LogP contribution in [0.1, 0.15) is 37.0 Å². The van der Waals surface area contributed by atoms with Crippen molar-refractivity contribution in [3.8, 4) is 0 Å². The Hall–Kier alpha value is -3.18. The van der Waals surface area contributed by atoms with Crippen LogP contribution in [0.15, 0.2) is 78.9 Å². The monoisotopic (exact) mass is 480 g/mol. The van der Waals surface area contributed by atoms with Crippen molar-refractivity contribution in [3.63, 3.8) is 0 Å². The van der Waals surface area contributed by atoms with Crippen molar-refractivity contribution >= 4 is 23.4 Å². The zero-order valence-corrected chi connectivity index (χ0v) is 20.3. The fourth-order valence-electron chi connectivity index (χ4n) is 3.81. The zero-order valence-electron chi connectivity index (χ0n) is 19.5. The Morgan fingerprint density at radius 2 is 1.56 bits per heavy atom. The standard InChI is InChI=1S/C28H30ClFN2O2/c1-20(2)31-28(34)26(18-21-8-4-3-5-9-21)32(19-22-12-15-24(30)16-13-22)27(33)17-14-23-10-6-7-11-25(23)29/h3-13,15-16,20,26H,14,17-19H2,1-2H3,(H,31,34)/t26-/m0/s1. The van der Waals surface area contributed by atoms with Crippen LogP contribution in [0, 0.1) is 5.82 Å². The van der Waals surface area contributed by atoms with Gasteiger partial charge in [-0.05, 0) is 55.2 Å². The number of rotatable bonds is 10. The summed E-state index contributed by atoms with van der Waals surface area (Å²) < 4.78 is 13.5. The molecular formula is C28H30ClFN2O2. The number of aryl methyl sites for hydroxylation is 1. The summed E-state index contributed by atoms with van der Waals surface area (Å²) in [6, 6.07) is 22.3. The lowest BCUT2D eigenvalue weighted by atomic mass is 10.0. The molecule has 0 unspecified atom stereocenters. The smallest absolute Gasteiger partial charge is 0.243 e. The number of carbonyl (C=O) groups excluding carboxylic acids is 2. The van der Waals surface area contributed by atoms with Gasteiger partial charge in [-0.25, -0.2) is 4.39 Å². The minimum absolute atomic E-state index is 0.0725. The van der Waals surface area contributed by atoms with Gasteiger partial charge in [0.1, 0.15) is 11.9 Å². The van der Waals surface area contributed by atoms with Crippen LogP contribution in [-0.4, -0.2) is 28.8 Å². The molecule has 0 aliphatic carbocycles. The van der Waals surface area contributed by atoms with Crippen molar-refractivity contribution in [1.82, 2.24) is 10.2 Å². The second-order valence-electron chi connectivity index (χ2n) is 8.61. The predicted octanol–water partition coefficient (Wildman–Crippen LogP) is 5.58. The number of nitrogens with zero attached hydrogens (tertiary/aromatic N) is 1. The molecule has 3 rings (SSSR count). The molecule has 0 radical (unpaired) electrons. The molecule has 0 bridgehead atoms. The van der Waals surface area contributed by atoms with E-state index in [1.165, 1.54) is 12.1 Å². The maximum Gasteiger partial charge on any atom is 0.243 e. The first kappa shape index (κ1) is 25.4. The average Bonchev–Trinajstić information content (AvgIpc) is 2.82. The van der Waals surface area contributed by atoms with Crippen molar-refractivity contribution in [1.29, 1.82) is 0 Å². The van der Waals surface area contributed by atoms with Crippen LogP contribution in [0.5, 0.6) is 0 Å². The number of nitrogens with one attached hydrogen (secondary N) is 1. The van der Waals surface area contributed by atoms with Crippen LogP contribution in [0.3, 0.4) is 0 Å². The highest BCUT2D eigenvalue weighted by atomic mass is 35.5. The molecule has 1 atom stereocenters. The topological polar surface area (TPSA) is 49.4 Å². The minimum Gasteiger partial charge on any atom is -0.352 e. The Kier molecular flexibility index (Phi) is 9.23. The van der Waals surface area contributed by atoms with Crippen molar-refractivity contribution < 1.29 is 14.0 Å². The van der Waals surface area contributed by atoms with E-state index < -0.39 is 6.04 Å². The summed E-state index contributed by atoms with van der Waals surface area (Å²) in [6.07, 6.45) is 1.03. The van der Waals surface area contributed by atoms with E-state index in [4.69, 9.17) is 11.6 Å². The first-order chi connectivity index (χ1) is 16.3. The Morgan fingerprint density at radius 1 is 0.912 bits per heavy atom. The number of halogens is 2. The molecule has 0 aliphatic rings. The Morgan fingerprint density at radius 3 is 2.21 bits per heavy atom. The van der Waals surface area contributed by atoms with E-state index in [-0.39, 0.29) is 36.6 Å². The van der Waals surface area contributed by atoms with Gasteiger partial charge in [-0.1, -0.05) is 72.3 Å². The van der Waals surface area contributed by atoms with Gasteiger partial charge in [0, 0.05) is 30.5 Å². The van der Waals surface area contributed by atoms with Crippen LogP contribution >= 0.6 is 11.6 Å². The van der Waals surface area contributed by atoms with Crippen LogP contribution in [-0.2, 0) is 29.0 Å². The first-order valence-corrected chi connectivity index (χ1v) is 11.8. The Balaban J connectivity index is 1.91. The lowest BCUT2D eigenvalue weighted by molar-refractivity contribution is -0.141. The van der Waals surface area contributed by atoms with Gasteiger partial charge < -0.3 is 10.2 Å². The number of carbonyl (C=O) groups is 2. The van der Waals surface area contributed by atoms with Gasteiger partial charge in [-0.3, -0.25) is 9.59 Å². The normalized spacial score (nSPS) is 11.8. The minimum atomic E-state index is -0.714. The third kappa shape index (κ3) is 7.42. The summed E-state index contributed by atoms with van der Waals surface area (Å²) in [5, 5.41) is 3.57. The highest BCUT2D eigenvalue weighted by molar-refractivity contribution is 6.31. The molecular weight excluding hydrogens is 451 g/mol. The van der Waals surface area contributed by atoms with Crippen LogP contribution in [0.2, 0.25) is 5.02 Å². The highest BCUT2D eigenvalue weighted by Gasteiger charge is 2.30. The molecule has 1 N–H and O–H groups in total. The maximum atomic E-state index is 13.5. The van der Waals surface area contributed by atoms with Crippen molar-refractivity contribution in [2.75, 3.05) is 0 Å².